The Kier molecular flexibility index (Phi) is 6.27. The van der Waals surface area contributed by atoms with Crippen LogP contribution in [0.4, 0.5) is 16.0 Å². The normalized spacial score (nSPS) is 19.6. The van der Waals surface area contributed by atoms with Crippen molar-refractivity contribution in [3.05, 3.63) is 22.9 Å². The highest BCUT2D eigenvalue weighted by molar-refractivity contribution is 6.29. The number of ether oxygens (including phenoxy) is 1. The summed E-state index contributed by atoms with van der Waals surface area (Å²) in [5.74, 6) is 0.320. The second-order valence-corrected chi connectivity index (χ2v) is 8.62. The van der Waals surface area contributed by atoms with E-state index in [1.807, 2.05) is 0 Å². The molecule has 156 valence electrons. The molecule has 3 rings (SSSR count). The van der Waals surface area contributed by atoms with Gasteiger partial charge in [0.05, 0.1) is 30.3 Å². The number of nitrogens with one attached hydrogen (secondary N) is 1. The lowest BCUT2D eigenvalue weighted by Gasteiger charge is -2.25. The zero-order valence-electron chi connectivity index (χ0n) is 17.2. The molecule has 1 N–H and O–H groups in total. The fourth-order valence-electron chi connectivity index (χ4n) is 3.29. The van der Waals surface area contributed by atoms with Crippen LogP contribution in [0.5, 0.6) is 5.88 Å². The predicted octanol–water partition coefficient (Wildman–Crippen LogP) is 4.98. The molecule has 2 aromatic heterocycles. The van der Waals surface area contributed by atoms with Gasteiger partial charge < -0.3 is 10.1 Å². The van der Waals surface area contributed by atoms with Gasteiger partial charge in [-0.25, -0.2) is 0 Å². The van der Waals surface area contributed by atoms with E-state index >= 15 is 0 Å². The number of aromatic nitrogens is 4. The summed E-state index contributed by atoms with van der Waals surface area (Å²) < 4.78 is 21.6. The van der Waals surface area contributed by atoms with Crippen molar-refractivity contribution in [2.45, 2.75) is 58.9 Å². The first kappa shape index (κ1) is 21.3. The number of hydrogen-bond acceptors (Lipinski definition) is 6. The molecular weight excluding hydrogens is 395 g/mol. The Labute approximate surface area is 175 Å². The Balaban J connectivity index is 1.75. The van der Waals surface area contributed by atoms with Gasteiger partial charge in [-0.3, -0.25) is 4.68 Å². The zero-order chi connectivity index (χ0) is 21.2. The highest BCUT2D eigenvalue weighted by Crippen LogP contribution is 2.30. The van der Waals surface area contributed by atoms with Crippen molar-refractivity contribution < 1.29 is 9.13 Å². The molecule has 0 radical (unpaired) electrons. The van der Waals surface area contributed by atoms with Gasteiger partial charge in [-0.15, -0.1) is 0 Å². The van der Waals surface area contributed by atoms with Crippen molar-refractivity contribution in [1.29, 1.82) is 5.26 Å². The summed E-state index contributed by atoms with van der Waals surface area (Å²) in [4.78, 5) is 8.11. The highest BCUT2D eigenvalue weighted by atomic mass is 35.5. The largest absolute Gasteiger partial charge is 0.475 e. The summed E-state index contributed by atoms with van der Waals surface area (Å²) in [5.41, 5.74) is 0.442. The molecule has 1 aliphatic carbocycles. The van der Waals surface area contributed by atoms with E-state index in [4.69, 9.17) is 16.3 Å². The number of aryl methyl sites for hydroxylation is 1. The minimum absolute atomic E-state index is 0.112. The van der Waals surface area contributed by atoms with Gasteiger partial charge in [0.25, 0.3) is 5.88 Å². The first-order valence-electron chi connectivity index (χ1n) is 9.80. The van der Waals surface area contributed by atoms with Crippen LogP contribution in [0.15, 0.2) is 6.20 Å². The van der Waals surface area contributed by atoms with Crippen LogP contribution in [0.25, 0.3) is 0 Å². The molecule has 0 unspecified atom stereocenters. The molecule has 0 amide bonds. The van der Waals surface area contributed by atoms with Crippen molar-refractivity contribution >= 4 is 23.2 Å². The molecule has 2 aromatic rings. The number of rotatable bonds is 6. The lowest BCUT2D eigenvalue weighted by molar-refractivity contribution is 0.178. The van der Waals surface area contributed by atoms with Gasteiger partial charge >= 0.3 is 0 Å². The number of nitriles is 1. The molecule has 1 aliphatic rings. The van der Waals surface area contributed by atoms with Crippen molar-refractivity contribution in [2.24, 2.45) is 11.8 Å². The maximum atomic E-state index is 14.4. The quantitative estimate of drug-likeness (QED) is 0.663. The molecule has 0 aromatic carbocycles. The maximum Gasteiger partial charge on any atom is 0.257 e. The first-order chi connectivity index (χ1) is 13.7. The smallest absolute Gasteiger partial charge is 0.257 e. The van der Waals surface area contributed by atoms with E-state index in [1.54, 1.807) is 31.6 Å². The van der Waals surface area contributed by atoms with Crippen LogP contribution in [0.3, 0.4) is 0 Å². The second kappa shape index (κ2) is 8.54. The lowest BCUT2D eigenvalue weighted by atomic mass is 9.83. The monoisotopic (exact) mass is 420 g/mol. The van der Waals surface area contributed by atoms with Gasteiger partial charge in [0, 0.05) is 0 Å². The molecule has 0 bridgehead atoms. The molecule has 0 saturated heterocycles. The molecule has 1 fully saturated rings. The molecule has 0 atom stereocenters. The van der Waals surface area contributed by atoms with E-state index in [-0.39, 0.29) is 17.0 Å². The SMILES string of the molecule is Cc1nn(C(C)(C)C#N)cc1Nc1nc(Cl)c(F)c(OCC2CCC(C)CC2)n1. The van der Waals surface area contributed by atoms with Gasteiger partial charge in [0.1, 0.15) is 5.54 Å². The van der Waals surface area contributed by atoms with Crippen LogP contribution in [0.2, 0.25) is 5.15 Å². The number of nitrogens with zero attached hydrogens (tertiary/aromatic N) is 5. The molecule has 0 spiro atoms. The average molecular weight is 421 g/mol. The third kappa shape index (κ3) is 4.96. The van der Waals surface area contributed by atoms with Gasteiger partial charge in [-0.05, 0) is 45.4 Å². The predicted molar refractivity (Wildman–Crippen MR) is 109 cm³/mol. The minimum atomic E-state index is -0.808. The first-order valence-corrected chi connectivity index (χ1v) is 10.2. The van der Waals surface area contributed by atoms with Gasteiger partial charge in [-0.1, -0.05) is 31.4 Å². The molecule has 2 heterocycles. The van der Waals surface area contributed by atoms with Crippen molar-refractivity contribution in [2.75, 3.05) is 11.9 Å². The minimum Gasteiger partial charge on any atom is -0.475 e. The van der Waals surface area contributed by atoms with Crippen molar-refractivity contribution in [1.82, 2.24) is 19.7 Å². The van der Waals surface area contributed by atoms with Crippen LogP contribution in [-0.2, 0) is 5.54 Å². The topological polar surface area (TPSA) is 88.7 Å². The van der Waals surface area contributed by atoms with Gasteiger partial charge in [0.2, 0.25) is 11.8 Å². The average Bonchev–Trinajstić information content (AvgIpc) is 3.06. The van der Waals surface area contributed by atoms with Crippen LogP contribution in [0.1, 0.15) is 52.1 Å². The third-order valence-corrected chi connectivity index (χ3v) is 5.61. The Hall–Kier alpha value is -2.40. The van der Waals surface area contributed by atoms with E-state index in [9.17, 15) is 9.65 Å². The molecule has 29 heavy (non-hydrogen) atoms. The van der Waals surface area contributed by atoms with Gasteiger partial charge in [0.15, 0.2) is 5.15 Å². The summed E-state index contributed by atoms with van der Waals surface area (Å²) in [6, 6.07) is 2.19. The number of anilines is 2. The summed E-state index contributed by atoms with van der Waals surface area (Å²) >= 11 is 5.96. The summed E-state index contributed by atoms with van der Waals surface area (Å²) in [5, 5.41) is 16.3. The van der Waals surface area contributed by atoms with E-state index in [2.05, 4.69) is 33.4 Å². The van der Waals surface area contributed by atoms with E-state index in [0.717, 1.165) is 31.6 Å². The second-order valence-electron chi connectivity index (χ2n) is 8.26. The molecule has 9 heteroatoms. The van der Waals surface area contributed by atoms with Crippen molar-refractivity contribution in [3.63, 3.8) is 0 Å². The fraction of sp³-hybridized carbons (Fsp3) is 0.600. The molecule has 7 nitrogen and oxygen atoms in total. The van der Waals surface area contributed by atoms with Gasteiger partial charge in [-0.2, -0.15) is 24.7 Å². The number of halogens is 2. The maximum absolute atomic E-state index is 14.4. The lowest BCUT2D eigenvalue weighted by Crippen LogP contribution is -2.24. The summed E-state index contributed by atoms with van der Waals surface area (Å²) in [7, 11) is 0. The summed E-state index contributed by atoms with van der Waals surface area (Å²) in [6.07, 6.45) is 6.15. The van der Waals surface area contributed by atoms with E-state index < -0.39 is 11.4 Å². The van der Waals surface area contributed by atoms with Crippen LogP contribution >= 0.6 is 11.6 Å². The third-order valence-electron chi connectivity index (χ3n) is 5.36. The Morgan fingerprint density at radius 1 is 1.34 bits per heavy atom. The number of hydrogen-bond donors (Lipinski definition) is 1. The van der Waals surface area contributed by atoms with Crippen LogP contribution in [-0.4, -0.2) is 26.4 Å². The zero-order valence-corrected chi connectivity index (χ0v) is 17.9. The Morgan fingerprint density at radius 3 is 2.69 bits per heavy atom. The molecular formula is C20H26ClFN6O. The summed E-state index contributed by atoms with van der Waals surface area (Å²) in [6.45, 7) is 7.96. The van der Waals surface area contributed by atoms with E-state index in [0.29, 0.717) is 23.9 Å². The van der Waals surface area contributed by atoms with Crippen molar-refractivity contribution in [3.8, 4) is 11.9 Å². The van der Waals surface area contributed by atoms with Crippen LogP contribution in [0, 0.1) is 35.9 Å². The Morgan fingerprint density at radius 2 is 2.03 bits per heavy atom. The highest BCUT2D eigenvalue weighted by Gasteiger charge is 2.23. The molecule has 1 saturated carbocycles. The fourth-order valence-corrected chi connectivity index (χ4v) is 3.45. The van der Waals surface area contributed by atoms with E-state index in [1.165, 1.54) is 0 Å². The molecule has 0 aliphatic heterocycles. The Bertz CT molecular complexity index is 914. The standard InChI is InChI=1S/C20H26ClFN6O/c1-12-5-7-14(8-6-12)10-29-18-16(22)17(21)25-19(26-18)24-15-9-28(27-13(15)2)20(3,4)11-23/h9,12,14H,5-8,10H2,1-4H3,(H,24,25,26). The van der Waals surface area contributed by atoms with Crippen LogP contribution < -0.4 is 10.1 Å².